The minimum Gasteiger partial charge on any atom is -0.395 e. The Hall–Kier alpha value is -1.39. The standard InChI is InChI=1S/C13H18N2O2/c1-15(6-7-16)13(17)11-2-3-12-9-14-5-4-10(12)8-11/h2-3,8,14,16H,4-7,9H2,1H3. The number of carbonyl (C=O) groups excluding carboxylic acids is 1. The van der Waals surface area contributed by atoms with E-state index >= 15 is 0 Å². The number of benzene rings is 1. The van der Waals surface area contributed by atoms with Crippen LogP contribution < -0.4 is 5.32 Å². The summed E-state index contributed by atoms with van der Waals surface area (Å²) in [5.41, 5.74) is 3.24. The van der Waals surface area contributed by atoms with Gasteiger partial charge >= 0.3 is 0 Å². The van der Waals surface area contributed by atoms with Gasteiger partial charge in [-0.05, 0) is 36.2 Å². The molecule has 0 saturated carbocycles. The number of aliphatic hydroxyl groups is 1. The van der Waals surface area contributed by atoms with Crippen molar-refractivity contribution in [3.63, 3.8) is 0 Å². The van der Waals surface area contributed by atoms with Crippen molar-refractivity contribution in [3.8, 4) is 0 Å². The highest BCUT2D eigenvalue weighted by atomic mass is 16.3. The maximum Gasteiger partial charge on any atom is 0.253 e. The van der Waals surface area contributed by atoms with E-state index in [2.05, 4.69) is 5.32 Å². The highest BCUT2D eigenvalue weighted by molar-refractivity contribution is 5.94. The molecule has 0 fully saturated rings. The number of carbonyl (C=O) groups is 1. The highest BCUT2D eigenvalue weighted by Crippen LogP contribution is 2.16. The summed E-state index contributed by atoms with van der Waals surface area (Å²) in [6, 6.07) is 5.86. The molecule has 1 aromatic rings. The molecule has 92 valence electrons. The maximum atomic E-state index is 12.0. The lowest BCUT2D eigenvalue weighted by Crippen LogP contribution is -2.30. The average Bonchev–Trinajstić information content (AvgIpc) is 2.37. The van der Waals surface area contributed by atoms with Crippen LogP contribution in [0.5, 0.6) is 0 Å². The third-order valence-electron chi connectivity index (χ3n) is 3.12. The van der Waals surface area contributed by atoms with E-state index in [4.69, 9.17) is 5.11 Å². The van der Waals surface area contributed by atoms with Crippen LogP contribution in [0.25, 0.3) is 0 Å². The smallest absolute Gasteiger partial charge is 0.253 e. The van der Waals surface area contributed by atoms with Crippen molar-refractivity contribution in [2.24, 2.45) is 0 Å². The lowest BCUT2D eigenvalue weighted by atomic mass is 9.98. The van der Waals surface area contributed by atoms with E-state index in [-0.39, 0.29) is 12.5 Å². The van der Waals surface area contributed by atoms with Crippen molar-refractivity contribution in [1.29, 1.82) is 0 Å². The van der Waals surface area contributed by atoms with E-state index in [1.807, 2.05) is 18.2 Å². The first-order valence-electron chi connectivity index (χ1n) is 5.91. The Morgan fingerprint density at radius 3 is 3.06 bits per heavy atom. The monoisotopic (exact) mass is 234 g/mol. The van der Waals surface area contributed by atoms with Crippen molar-refractivity contribution in [3.05, 3.63) is 34.9 Å². The molecule has 0 aromatic heterocycles. The molecule has 1 aliphatic heterocycles. The summed E-state index contributed by atoms with van der Waals surface area (Å²) in [4.78, 5) is 13.6. The molecule has 0 aliphatic carbocycles. The van der Waals surface area contributed by atoms with Gasteiger partial charge in [-0.2, -0.15) is 0 Å². The van der Waals surface area contributed by atoms with E-state index in [1.165, 1.54) is 11.1 Å². The van der Waals surface area contributed by atoms with Crippen molar-refractivity contribution < 1.29 is 9.90 Å². The second-order valence-electron chi connectivity index (χ2n) is 4.36. The van der Waals surface area contributed by atoms with Crippen LogP contribution in [0.1, 0.15) is 21.5 Å². The predicted octanol–water partition coefficient (Wildman–Crippen LogP) is 0.397. The molecule has 1 aliphatic rings. The maximum absolute atomic E-state index is 12.0. The van der Waals surface area contributed by atoms with Crippen LogP contribution in [0.2, 0.25) is 0 Å². The summed E-state index contributed by atoms with van der Waals surface area (Å²) in [6.07, 6.45) is 0.972. The highest BCUT2D eigenvalue weighted by Gasteiger charge is 2.14. The van der Waals surface area contributed by atoms with E-state index < -0.39 is 0 Å². The Kier molecular flexibility index (Phi) is 3.76. The fraction of sp³-hybridized carbons (Fsp3) is 0.462. The lowest BCUT2D eigenvalue weighted by Gasteiger charge is -2.20. The number of hydrogen-bond acceptors (Lipinski definition) is 3. The summed E-state index contributed by atoms with van der Waals surface area (Å²) < 4.78 is 0. The Balaban J connectivity index is 2.19. The van der Waals surface area contributed by atoms with Gasteiger partial charge in [0.15, 0.2) is 0 Å². The minimum absolute atomic E-state index is 0.00288. The molecule has 0 spiro atoms. The van der Waals surface area contributed by atoms with Crippen LogP contribution >= 0.6 is 0 Å². The molecule has 0 radical (unpaired) electrons. The summed E-state index contributed by atoms with van der Waals surface area (Å²) >= 11 is 0. The molecule has 0 bridgehead atoms. The van der Waals surface area contributed by atoms with Crippen LogP contribution in [0.3, 0.4) is 0 Å². The molecule has 4 heteroatoms. The van der Waals surface area contributed by atoms with Gasteiger partial charge in [-0.25, -0.2) is 0 Å². The van der Waals surface area contributed by atoms with Crippen molar-refractivity contribution in [2.45, 2.75) is 13.0 Å². The Morgan fingerprint density at radius 2 is 2.29 bits per heavy atom. The Bertz CT molecular complexity index is 418. The topological polar surface area (TPSA) is 52.6 Å². The van der Waals surface area contributed by atoms with Crippen LogP contribution in [0, 0.1) is 0 Å². The molecule has 1 amide bonds. The van der Waals surface area contributed by atoms with Gasteiger partial charge in [0.2, 0.25) is 0 Å². The number of nitrogens with one attached hydrogen (secondary N) is 1. The molecule has 1 heterocycles. The molecule has 0 atom stereocenters. The van der Waals surface area contributed by atoms with Gasteiger partial charge in [0.25, 0.3) is 5.91 Å². The summed E-state index contributed by atoms with van der Waals surface area (Å²) in [5, 5.41) is 12.1. The number of aliphatic hydroxyl groups excluding tert-OH is 1. The van der Waals surface area contributed by atoms with Crippen molar-refractivity contribution >= 4 is 5.91 Å². The van der Waals surface area contributed by atoms with Gasteiger partial charge in [0, 0.05) is 25.7 Å². The van der Waals surface area contributed by atoms with Crippen LogP contribution in [0.15, 0.2) is 18.2 Å². The number of fused-ring (bicyclic) bond motifs is 1. The zero-order valence-electron chi connectivity index (χ0n) is 10.1. The number of nitrogens with zero attached hydrogens (tertiary/aromatic N) is 1. The third-order valence-corrected chi connectivity index (χ3v) is 3.12. The predicted molar refractivity (Wildman–Crippen MR) is 65.9 cm³/mol. The zero-order chi connectivity index (χ0) is 12.3. The zero-order valence-corrected chi connectivity index (χ0v) is 10.1. The molecule has 1 aromatic carbocycles. The largest absolute Gasteiger partial charge is 0.395 e. The average molecular weight is 234 g/mol. The lowest BCUT2D eigenvalue weighted by molar-refractivity contribution is 0.0767. The van der Waals surface area contributed by atoms with Crippen molar-refractivity contribution in [2.75, 3.05) is 26.7 Å². The molecule has 2 N–H and O–H groups in total. The number of amides is 1. The summed E-state index contributed by atoms with van der Waals surface area (Å²) in [5.74, 6) is -0.0274. The van der Waals surface area contributed by atoms with E-state index in [0.717, 1.165) is 19.5 Å². The second-order valence-corrected chi connectivity index (χ2v) is 4.36. The third kappa shape index (κ3) is 2.65. The first kappa shape index (κ1) is 12.1. The first-order valence-corrected chi connectivity index (χ1v) is 5.91. The molecular formula is C13H18N2O2. The number of rotatable bonds is 3. The number of hydrogen-bond donors (Lipinski definition) is 2. The van der Waals surface area contributed by atoms with Gasteiger partial charge in [0.1, 0.15) is 0 Å². The molecule has 4 nitrogen and oxygen atoms in total. The van der Waals surface area contributed by atoms with Crippen molar-refractivity contribution in [1.82, 2.24) is 10.2 Å². The van der Waals surface area contributed by atoms with Crippen LogP contribution in [-0.2, 0) is 13.0 Å². The fourth-order valence-electron chi connectivity index (χ4n) is 2.08. The molecule has 0 saturated heterocycles. The second kappa shape index (κ2) is 5.29. The van der Waals surface area contributed by atoms with Gasteiger partial charge in [-0.15, -0.1) is 0 Å². The van der Waals surface area contributed by atoms with E-state index in [1.54, 1.807) is 11.9 Å². The van der Waals surface area contributed by atoms with Gasteiger partial charge in [-0.3, -0.25) is 4.79 Å². The molecule has 2 rings (SSSR count). The van der Waals surface area contributed by atoms with Gasteiger partial charge < -0.3 is 15.3 Å². The minimum atomic E-state index is -0.0274. The number of likely N-dealkylation sites (N-methyl/N-ethyl adjacent to an activating group) is 1. The van der Waals surface area contributed by atoms with Gasteiger partial charge in [0.05, 0.1) is 6.61 Å². The first-order chi connectivity index (χ1) is 8.22. The normalized spacial score (nSPS) is 14.2. The Morgan fingerprint density at radius 1 is 1.47 bits per heavy atom. The fourth-order valence-corrected chi connectivity index (χ4v) is 2.08. The SMILES string of the molecule is CN(CCO)C(=O)c1ccc2c(c1)CCNC2. The van der Waals surface area contributed by atoms with Gasteiger partial charge in [-0.1, -0.05) is 6.07 Å². The summed E-state index contributed by atoms with van der Waals surface area (Å²) in [7, 11) is 1.71. The van der Waals surface area contributed by atoms with Crippen LogP contribution in [0.4, 0.5) is 0 Å². The summed E-state index contributed by atoms with van der Waals surface area (Å²) in [6.45, 7) is 2.22. The van der Waals surface area contributed by atoms with E-state index in [9.17, 15) is 4.79 Å². The molecule has 17 heavy (non-hydrogen) atoms. The molecular weight excluding hydrogens is 216 g/mol. The van der Waals surface area contributed by atoms with E-state index in [0.29, 0.717) is 12.1 Å². The Labute approximate surface area is 101 Å². The molecule has 0 unspecified atom stereocenters. The quantitative estimate of drug-likeness (QED) is 0.796. The van der Waals surface area contributed by atoms with Crippen LogP contribution in [-0.4, -0.2) is 42.7 Å².